The van der Waals surface area contributed by atoms with Crippen molar-refractivity contribution in [3.63, 3.8) is 0 Å². The average Bonchev–Trinajstić information content (AvgIpc) is 3.12. The highest BCUT2D eigenvalue weighted by Gasteiger charge is 2.36. The van der Waals surface area contributed by atoms with Crippen molar-refractivity contribution in [2.75, 3.05) is 20.2 Å². The van der Waals surface area contributed by atoms with Crippen LogP contribution in [0.2, 0.25) is 0 Å². The molecule has 1 amide bonds. The number of nitrogens with zero attached hydrogens (tertiary/aromatic N) is 4. The number of halogens is 1. The lowest BCUT2D eigenvalue weighted by atomic mass is 10.0. The van der Waals surface area contributed by atoms with Crippen molar-refractivity contribution in [3.05, 3.63) is 74.9 Å². The van der Waals surface area contributed by atoms with Gasteiger partial charge in [-0.2, -0.15) is 0 Å². The Balaban J connectivity index is 1.76. The van der Waals surface area contributed by atoms with E-state index in [4.69, 9.17) is 4.74 Å². The highest BCUT2D eigenvalue weighted by molar-refractivity contribution is 7.52. The zero-order valence-corrected chi connectivity index (χ0v) is 17.9. The molecule has 160 valence electrons. The minimum absolute atomic E-state index is 0.00594. The van der Waals surface area contributed by atoms with Gasteiger partial charge in [-0.3, -0.25) is 10.1 Å². The Labute approximate surface area is 178 Å². The predicted octanol–water partition coefficient (Wildman–Crippen LogP) is 4.70. The van der Waals surface area contributed by atoms with Crippen molar-refractivity contribution in [1.29, 1.82) is 0 Å². The van der Waals surface area contributed by atoms with Gasteiger partial charge < -0.3 is 9.64 Å². The van der Waals surface area contributed by atoms with Crippen LogP contribution in [-0.2, 0) is 10.9 Å². The van der Waals surface area contributed by atoms with E-state index in [1.807, 2.05) is 30.3 Å². The van der Waals surface area contributed by atoms with Crippen LogP contribution in [0.25, 0.3) is 11.0 Å². The second-order valence-electron chi connectivity index (χ2n) is 7.38. The Bertz CT molecular complexity index is 1150. The summed E-state index contributed by atoms with van der Waals surface area (Å²) in [4.78, 5) is 24.1. The lowest BCUT2D eigenvalue weighted by Crippen LogP contribution is -2.48. The summed E-state index contributed by atoms with van der Waals surface area (Å²) in [7, 11) is 0.256. The van der Waals surface area contributed by atoms with Crippen LogP contribution >= 0.6 is 7.53 Å². The molecule has 31 heavy (non-hydrogen) atoms. The van der Waals surface area contributed by atoms with Gasteiger partial charge in [0.25, 0.3) is 5.69 Å². The molecular formula is C21H20FN4O4P. The number of hydrogen-bond acceptors (Lipinski definition) is 6. The first-order valence-corrected chi connectivity index (χ1v) is 11.2. The van der Waals surface area contributed by atoms with Crippen molar-refractivity contribution < 1.29 is 18.8 Å². The lowest BCUT2D eigenvalue weighted by Gasteiger charge is -2.37. The van der Waals surface area contributed by atoms with Crippen molar-refractivity contribution in [2.24, 2.45) is 0 Å². The van der Waals surface area contributed by atoms with Crippen LogP contribution < -0.4 is 0 Å². The molecule has 10 heteroatoms. The number of carbonyl (C=O) groups excluding carboxylic acids is 1. The fraction of sp³-hybridized carbons (Fsp3) is 0.286. The Hall–Kier alpha value is -3.32. The molecule has 4 rings (SSSR count). The van der Waals surface area contributed by atoms with Crippen LogP contribution in [0.3, 0.4) is 0 Å². The van der Waals surface area contributed by atoms with Crippen molar-refractivity contribution in [1.82, 2.24) is 15.1 Å². The third kappa shape index (κ3) is 4.01. The minimum Gasteiger partial charge on any atom is -0.453 e. The number of hydrogen-bond donors (Lipinski definition) is 0. The number of likely N-dealkylation sites (tertiary alicyclic amines) is 1. The fourth-order valence-corrected chi connectivity index (χ4v) is 6.11. The normalized spacial score (nSPS) is 14.3. The highest BCUT2D eigenvalue weighted by atomic mass is 31.1. The summed E-state index contributed by atoms with van der Waals surface area (Å²) in [6, 6.07) is 12.5. The van der Waals surface area contributed by atoms with Crippen molar-refractivity contribution in [3.8, 4) is 11.0 Å². The third-order valence-electron chi connectivity index (χ3n) is 5.41. The Morgan fingerprint density at radius 2 is 2.00 bits per heavy atom. The van der Waals surface area contributed by atoms with Gasteiger partial charge in [0.2, 0.25) is 0 Å². The molecule has 2 heterocycles. The highest BCUT2D eigenvalue weighted by Crippen LogP contribution is 2.50. The molecule has 2 aromatic carbocycles. The van der Waals surface area contributed by atoms with E-state index in [-0.39, 0.29) is 23.3 Å². The molecule has 1 aromatic heterocycles. The molecule has 1 fully saturated rings. The number of ether oxygens (including phenoxy) is 1. The number of amides is 1. The zero-order valence-electron chi connectivity index (χ0n) is 17.0. The van der Waals surface area contributed by atoms with E-state index < -0.39 is 18.3 Å². The van der Waals surface area contributed by atoms with Crippen LogP contribution in [0, 0.1) is 22.9 Å². The number of benzene rings is 2. The largest absolute Gasteiger partial charge is 0.453 e. The Morgan fingerprint density at radius 3 is 2.65 bits per heavy atom. The second-order valence-corrected chi connectivity index (χ2v) is 9.44. The van der Waals surface area contributed by atoms with Crippen LogP contribution in [0.15, 0.2) is 42.5 Å². The molecule has 0 aliphatic carbocycles. The molecule has 0 bridgehead atoms. The van der Waals surface area contributed by atoms with Gasteiger partial charge in [-0.15, -0.1) is 10.2 Å². The lowest BCUT2D eigenvalue weighted by molar-refractivity contribution is -0.385. The van der Waals surface area contributed by atoms with Crippen LogP contribution in [0.4, 0.5) is 14.9 Å². The molecular weight excluding hydrogens is 422 g/mol. The molecule has 1 unspecified atom stereocenters. The second kappa shape index (κ2) is 8.43. The topological polar surface area (TPSA) is 98.5 Å². The van der Waals surface area contributed by atoms with Crippen molar-refractivity contribution >= 4 is 19.3 Å². The van der Waals surface area contributed by atoms with Gasteiger partial charge in [0.15, 0.2) is 0 Å². The van der Waals surface area contributed by atoms with E-state index in [0.29, 0.717) is 30.2 Å². The van der Waals surface area contributed by atoms with E-state index in [1.54, 1.807) is 4.90 Å². The molecule has 8 nitrogen and oxygen atoms in total. The smallest absolute Gasteiger partial charge is 0.409 e. The molecule has 0 N–H and O–H groups in total. The van der Waals surface area contributed by atoms with Gasteiger partial charge in [0, 0.05) is 36.8 Å². The molecule has 1 aliphatic heterocycles. The zero-order chi connectivity index (χ0) is 22.1. The summed E-state index contributed by atoms with van der Waals surface area (Å²) in [5.41, 5.74) is 2.59. The van der Waals surface area contributed by atoms with Gasteiger partial charge in [0.05, 0.1) is 23.0 Å². The van der Waals surface area contributed by atoms with Gasteiger partial charge in [0.1, 0.15) is 11.2 Å². The molecule has 1 aliphatic rings. The molecule has 0 saturated carbocycles. The molecule has 0 spiro atoms. The first kappa shape index (κ1) is 20.9. The summed E-state index contributed by atoms with van der Waals surface area (Å²) < 4.78 is 19.2. The first-order chi connectivity index (χ1) is 14.9. The summed E-state index contributed by atoms with van der Waals surface area (Å²) in [6.45, 7) is 2.34. The number of nitro benzene ring substituents is 1. The van der Waals surface area contributed by atoms with Gasteiger partial charge >= 0.3 is 6.09 Å². The summed E-state index contributed by atoms with van der Waals surface area (Å²) in [5, 5.41) is 20.1. The maximum Gasteiger partial charge on any atom is 0.409 e. The number of aromatic nitrogens is 2. The number of rotatable bonds is 5. The quantitative estimate of drug-likeness (QED) is 0.420. The summed E-state index contributed by atoms with van der Waals surface area (Å²) in [5.74, 6) is -0.615. The van der Waals surface area contributed by atoms with E-state index in [0.717, 1.165) is 11.0 Å². The predicted molar refractivity (Wildman–Crippen MR) is 114 cm³/mol. The molecule has 1 saturated heterocycles. The van der Waals surface area contributed by atoms with E-state index >= 15 is 0 Å². The van der Waals surface area contributed by atoms with Gasteiger partial charge in [-0.05, 0) is 18.6 Å². The SMILES string of the molecule is COC(=O)N1CC(c2nnc(-c3cc(F)c(C)c([N+](=O)[O-])c3)p2Cc2ccccc2)C1. The van der Waals surface area contributed by atoms with E-state index in [1.165, 1.54) is 26.2 Å². The summed E-state index contributed by atoms with van der Waals surface area (Å²) in [6.07, 6.45) is 0.242. The minimum atomic E-state index is -1.08. The van der Waals surface area contributed by atoms with E-state index in [9.17, 15) is 19.3 Å². The Kier molecular flexibility index (Phi) is 5.69. The maximum atomic E-state index is 14.5. The van der Waals surface area contributed by atoms with Crippen LogP contribution in [0.1, 0.15) is 22.5 Å². The Morgan fingerprint density at radius 1 is 1.29 bits per heavy atom. The van der Waals surface area contributed by atoms with Crippen LogP contribution in [-0.4, -0.2) is 46.3 Å². The number of methoxy groups -OCH3 is 1. The number of carbonyl (C=O) groups is 1. The summed E-state index contributed by atoms with van der Waals surface area (Å²) >= 11 is 0. The number of nitro groups is 1. The standard InChI is InChI=1S/C21H20FN4O4P/c1-13-17(22)8-15(9-18(13)26(28)29)19-23-24-20(16-10-25(11-16)21(27)30-2)31(19)12-14-6-4-3-5-7-14/h3-9,16H,10-12H2,1-2H3. The third-order valence-corrected chi connectivity index (χ3v) is 7.96. The maximum absolute atomic E-state index is 14.5. The molecule has 1 atom stereocenters. The van der Waals surface area contributed by atoms with Crippen LogP contribution in [0.5, 0.6) is 0 Å². The van der Waals surface area contributed by atoms with E-state index in [2.05, 4.69) is 10.2 Å². The average molecular weight is 442 g/mol. The monoisotopic (exact) mass is 442 g/mol. The molecule has 3 aromatic rings. The van der Waals surface area contributed by atoms with Gasteiger partial charge in [-0.25, -0.2) is 9.18 Å². The van der Waals surface area contributed by atoms with Gasteiger partial charge in [-0.1, -0.05) is 37.9 Å². The van der Waals surface area contributed by atoms with Crippen molar-refractivity contribution in [2.45, 2.75) is 19.0 Å². The first-order valence-electron chi connectivity index (χ1n) is 9.64. The fourth-order valence-electron chi connectivity index (χ4n) is 3.66. The molecule has 0 radical (unpaired) electrons.